The first-order chi connectivity index (χ1) is 19.7. The molecule has 1 fully saturated rings. The molecule has 0 spiro atoms. The topological polar surface area (TPSA) is 142 Å². The zero-order chi connectivity index (χ0) is 30.2. The third kappa shape index (κ3) is 12.6. The molecule has 1 aromatic carbocycles. The molecule has 5 atom stereocenters. The molecule has 0 bridgehead atoms. The van der Waals surface area contributed by atoms with Gasteiger partial charge >= 0.3 is 18.0 Å². The second-order valence-corrected chi connectivity index (χ2v) is 11.8. The molecule has 0 aliphatic carbocycles. The highest BCUT2D eigenvalue weighted by Gasteiger charge is 2.49. The number of amides is 2. The lowest BCUT2D eigenvalue weighted by Crippen LogP contribution is -2.59. The lowest BCUT2D eigenvalue weighted by atomic mass is 9.97. The van der Waals surface area contributed by atoms with Gasteiger partial charge in [-0.2, -0.15) is 0 Å². The van der Waals surface area contributed by atoms with Crippen molar-refractivity contribution in [2.24, 2.45) is 0 Å². The average Bonchev–Trinajstić information content (AvgIpc) is 2.92. The summed E-state index contributed by atoms with van der Waals surface area (Å²) in [6.45, 7) is 7.72. The third-order valence-electron chi connectivity index (χ3n) is 5.76. The van der Waals surface area contributed by atoms with E-state index in [-0.39, 0.29) is 6.03 Å². The molecule has 41 heavy (non-hydrogen) atoms. The van der Waals surface area contributed by atoms with Crippen molar-refractivity contribution >= 4 is 43.8 Å². The Balaban J connectivity index is 2.14. The van der Waals surface area contributed by atoms with Crippen molar-refractivity contribution in [1.29, 1.82) is 0 Å². The van der Waals surface area contributed by atoms with Gasteiger partial charge in [0.2, 0.25) is 0 Å². The summed E-state index contributed by atoms with van der Waals surface area (Å²) < 4.78 is 28.6. The van der Waals surface area contributed by atoms with Gasteiger partial charge in [-0.25, -0.2) is 4.79 Å². The Hall–Kier alpha value is -2.39. The first kappa shape index (κ1) is 34.8. The minimum atomic E-state index is -1.24. The van der Waals surface area contributed by atoms with Crippen molar-refractivity contribution in [2.75, 3.05) is 31.2 Å². The predicted octanol–water partition coefficient (Wildman–Crippen LogP) is 4.43. The van der Waals surface area contributed by atoms with Gasteiger partial charge in [0.05, 0.1) is 19.3 Å². The van der Waals surface area contributed by atoms with E-state index in [4.69, 9.17) is 29.7 Å². The van der Waals surface area contributed by atoms with E-state index < -0.39 is 50.2 Å². The summed E-state index contributed by atoms with van der Waals surface area (Å²) in [7, 11) is -1.18. The molecular formula is C28H41N2O9PS. The molecule has 11 nitrogen and oxygen atoms in total. The summed E-state index contributed by atoms with van der Waals surface area (Å²) in [5.41, 5.74) is -0.213. The molecule has 1 saturated heterocycles. The van der Waals surface area contributed by atoms with Gasteiger partial charge in [0.25, 0.3) is 0 Å². The van der Waals surface area contributed by atoms with Gasteiger partial charge in [-0.1, -0.05) is 11.8 Å². The molecule has 1 heterocycles. The number of benzene rings is 1. The van der Waals surface area contributed by atoms with Gasteiger partial charge in [0.15, 0.2) is 20.6 Å². The van der Waals surface area contributed by atoms with Crippen LogP contribution in [0.4, 0.5) is 10.5 Å². The first-order valence-electron chi connectivity index (χ1n) is 13.6. The summed E-state index contributed by atoms with van der Waals surface area (Å²) in [5, 5.41) is 16.7. The molecule has 0 saturated carbocycles. The Bertz CT molecular complexity index is 1000. The van der Waals surface area contributed by atoms with Gasteiger partial charge in [-0.15, -0.1) is 12.3 Å². The monoisotopic (exact) mass is 612 g/mol. The van der Waals surface area contributed by atoms with Crippen LogP contribution in [0.5, 0.6) is 0 Å². The second kappa shape index (κ2) is 18.9. The summed E-state index contributed by atoms with van der Waals surface area (Å²) in [6, 6.07) is 6.71. The zero-order valence-corrected chi connectivity index (χ0v) is 25.7. The Labute approximate surface area is 247 Å². The highest BCUT2D eigenvalue weighted by atomic mass is 32.2. The smallest absolute Gasteiger partial charge is 0.319 e. The molecular weight excluding hydrogens is 571 g/mol. The number of unbranched alkanes of at least 4 members (excludes halogenated alkanes) is 2. The van der Waals surface area contributed by atoms with Crippen LogP contribution in [-0.4, -0.2) is 78.8 Å². The van der Waals surface area contributed by atoms with E-state index in [0.717, 1.165) is 17.7 Å². The SMILES string of the molecule is C#CCCCCNC(=O)Nc1ccc(S[C@H]2O[C@H](CCP(OCC)OCC)[C@@H](O)[C@H](OC(C)=O)[C@@H]2OC(C)=O)cc1. The lowest BCUT2D eigenvalue weighted by molar-refractivity contribution is -0.224. The summed E-state index contributed by atoms with van der Waals surface area (Å²) in [4.78, 5) is 36.8. The molecule has 2 amide bonds. The number of aliphatic hydroxyl groups excluding tert-OH is 1. The fraction of sp³-hybridized carbons (Fsp3) is 0.607. The number of urea groups is 1. The molecule has 0 unspecified atom stereocenters. The normalized spacial score (nSPS) is 22.0. The van der Waals surface area contributed by atoms with E-state index in [1.807, 2.05) is 13.8 Å². The number of rotatable bonds is 16. The van der Waals surface area contributed by atoms with Crippen molar-refractivity contribution in [2.45, 2.75) is 88.1 Å². The number of terminal acetylenes is 1. The van der Waals surface area contributed by atoms with Gasteiger partial charge in [0, 0.05) is 43.6 Å². The maximum atomic E-state index is 12.2. The van der Waals surface area contributed by atoms with Crippen LogP contribution in [0.1, 0.15) is 53.4 Å². The summed E-state index contributed by atoms with van der Waals surface area (Å²) >= 11 is 1.25. The number of carbonyl (C=O) groups is 3. The highest BCUT2D eigenvalue weighted by molar-refractivity contribution is 7.99. The van der Waals surface area contributed by atoms with E-state index in [9.17, 15) is 19.5 Å². The van der Waals surface area contributed by atoms with Crippen LogP contribution >= 0.6 is 20.1 Å². The Morgan fingerprint density at radius 2 is 1.68 bits per heavy atom. The van der Waals surface area contributed by atoms with E-state index in [1.54, 1.807) is 24.3 Å². The van der Waals surface area contributed by atoms with Crippen LogP contribution in [0.25, 0.3) is 0 Å². The minimum absolute atomic E-state index is 0.322. The van der Waals surface area contributed by atoms with Gasteiger partial charge < -0.3 is 39.0 Å². The summed E-state index contributed by atoms with van der Waals surface area (Å²) in [5.74, 6) is 1.35. The van der Waals surface area contributed by atoms with E-state index >= 15 is 0 Å². The van der Waals surface area contributed by atoms with Crippen LogP contribution in [-0.2, 0) is 32.8 Å². The number of esters is 2. The molecule has 1 aliphatic heterocycles. The number of nitrogens with one attached hydrogen (secondary N) is 2. The van der Waals surface area contributed by atoms with Crippen LogP contribution in [0, 0.1) is 12.3 Å². The van der Waals surface area contributed by atoms with Crippen LogP contribution in [0.15, 0.2) is 29.2 Å². The molecule has 13 heteroatoms. The number of hydrogen-bond acceptors (Lipinski definition) is 10. The maximum absolute atomic E-state index is 12.2. The fourth-order valence-electron chi connectivity index (χ4n) is 4.03. The Morgan fingerprint density at radius 1 is 1.05 bits per heavy atom. The molecule has 228 valence electrons. The van der Waals surface area contributed by atoms with E-state index in [0.29, 0.717) is 44.4 Å². The molecule has 0 aromatic heterocycles. The average molecular weight is 613 g/mol. The van der Waals surface area contributed by atoms with Crippen molar-refractivity contribution < 1.29 is 42.7 Å². The summed E-state index contributed by atoms with van der Waals surface area (Å²) in [6.07, 6.45) is 4.24. The number of hydrogen-bond donors (Lipinski definition) is 3. The van der Waals surface area contributed by atoms with Crippen molar-refractivity contribution in [1.82, 2.24) is 5.32 Å². The zero-order valence-electron chi connectivity index (χ0n) is 24.0. The quantitative estimate of drug-likeness (QED) is 0.106. The van der Waals surface area contributed by atoms with E-state index in [1.165, 1.54) is 25.6 Å². The van der Waals surface area contributed by atoms with Crippen molar-refractivity contribution in [3.05, 3.63) is 24.3 Å². The highest BCUT2D eigenvalue weighted by Crippen LogP contribution is 2.42. The van der Waals surface area contributed by atoms with E-state index in [2.05, 4.69) is 16.6 Å². The molecule has 3 N–H and O–H groups in total. The van der Waals surface area contributed by atoms with Crippen LogP contribution < -0.4 is 10.6 Å². The Kier molecular flexibility index (Phi) is 16.1. The predicted molar refractivity (Wildman–Crippen MR) is 157 cm³/mol. The number of aliphatic hydroxyl groups is 1. The lowest BCUT2D eigenvalue weighted by Gasteiger charge is -2.43. The molecule has 2 rings (SSSR count). The molecule has 1 aliphatic rings. The van der Waals surface area contributed by atoms with Crippen LogP contribution in [0.2, 0.25) is 0 Å². The second-order valence-electron chi connectivity index (χ2n) is 9.05. The number of ether oxygens (including phenoxy) is 3. The third-order valence-corrected chi connectivity index (χ3v) is 8.63. The number of carbonyl (C=O) groups excluding carboxylic acids is 3. The van der Waals surface area contributed by atoms with Crippen molar-refractivity contribution in [3.8, 4) is 12.3 Å². The van der Waals surface area contributed by atoms with Crippen LogP contribution in [0.3, 0.4) is 0 Å². The Morgan fingerprint density at radius 3 is 2.27 bits per heavy atom. The first-order valence-corrected chi connectivity index (χ1v) is 15.9. The van der Waals surface area contributed by atoms with Gasteiger partial charge in [-0.3, -0.25) is 9.59 Å². The molecule has 0 radical (unpaired) electrons. The largest absolute Gasteiger partial charge is 0.456 e. The minimum Gasteiger partial charge on any atom is -0.456 e. The number of anilines is 1. The van der Waals surface area contributed by atoms with Gasteiger partial charge in [-0.05, 0) is 57.4 Å². The fourth-order valence-corrected chi connectivity index (χ4v) is 6.51. The van der Waals surface area contributed by atoms with Crippen molar-refractivity contribution in [3.63, 3.8) is 0 Å². The standard InChI is InChI=1S/C28H41N2O9PS/c1-6-9-10-11-17-29-28(34)30-21-12-14-22(15-13-21)41-27-26(38-20(5)32)25(37-19(4)31)24(33)23(39-27)16-18-40(35-7-2)36-8-3/h1,12-15,23-27,33H,7-11,16-18H2,2-5H3,(H2,29,30,34)/t23-,24-,25+,26+,27-/m1/s1. The maximum Gasteiger partial charge on any atom is 0.319 e. The molecule has 1 aromatic rings. The number of thioether (sulfide) groups is 1. The van der Waals surface area contributed by atoms with Gasteiger partial charge in [0.1, 0.15) is 11.5 Å².